The van der Waals surface area contributed by atoms with Crippen LogP contribution in [0, 0.1) is 13.8 Å². The van der Waals surface area contributed by atoms with Gasteiger partial charge in [-0.2, -0.15) is 0 Å². The number of amides is 1. The highest BCUT2D eigenvalue weighted by atomic mass is 16.5. The minimum atomic E-state index is -0.432. The molecule has 0 aliphatic rings. The summed E-state index contributed by atoms with van der Waals surface area (Å²) in [4.78, 5) is 38.0. The Kier molecular flexibility index (Phi) is 6.33. The molecule has 0 bridgehead atoms. The van der Waals surface area contributed by atoms with Crippen LogP contribution in [0.1, 0.15) is 34.2 Å². The Labute approximate surface area is 168 Å². The number of rotatable bonds is 7. The number of nitrogens with one attached hydrogen (secondary N) is 1. The molecule has 8 nitrogen and oxygen atoms in total. The first kappa shape index (κ1) is 20.2. The zero-order chi connectivity index (χ0) is 20.8. The van der Waals surface area contributed by atoms with E-state index in [9.17, 15) is 9.59 Å². The predicted octanol–water partition coefficient (Wildman–Crippen LogP) is 1.90. The van der Waals surface area contributed by atoms with Gasteiger partial charge in [-0.1, -0.05) is 0 Å². The minimum Gasteiger partial charge on any atom is -0.487 e. The number of aryl methyl sites for hydroxylation is 2. The average molecular weight is 393 g/mol. The van der Waals surface area contributed by atoms with Crippen molar-refractivity contribution in [1.29, 1.82) is 0 Å². The van der Waals surface area contributed by atoms with E-state index >= 15 is 0 Å². The Hall–Kier alpha value is -3.55. The first-order valence-corrected chi connectivity index (χ1v) is 9.26. The molecule has 0 saturated carbocycles. The van der Waals surface area contributed by atoms with E-state index < -0.39 is 5.91 Å². The third kappa shape index (κ3) is 5.25. The van der Waals surface area contributed by atoms with Crippen LogP contribution in [0.2, 0.25) is 0 Å². The highest BCUT2D eigenvalue weighted by molar-refractivity contribution is 5.95. The van der Waals surface area contributed by atoms with Gasteiger partial charge < -0.3 is 14.6 Å². The molecule has 3 aromatic heterocycles. The Morgan fingerprint density at radius 1 is 1.21 bits per heavy atom. The molecule has 3 aromatic rings. The van der Waals surface area contributed by atoms with E-state index in [1.807, 2.05) is 13.8 Å². The summed E-state index contributed by atoms with van der Waals surface area (Å²) in [5.41, 5.74) is 1.80. The Morgan fingerprint density at radius 2 is 2.03 bits per heavy atom. The molecule has 0 aromatic carbocycles. The summed E-state index contributed by atoms with van der Waals surface area (Å²) in [6.45, 7) is 5.91. The third-order valence-electron chi connectivity index (χ3n) is 4.29. The maximum absolute atomic E-state index is 12.9. The smallest absolute Gasteiger partial charge is 0.264 e. The molecule has 1 amide bonds. The molecule has 8 heteroatoms. The largest absolute Gasteiger partial charge is 0.487 e. The number of carbonyl (C=O) groups excluding carboxylic acids is 1. The summed E-state index contributed by atoms with van der Waals surface area (Å²) in [5.74, 6) is 0.185. The molecule has 1 atom stereocenters. The molecule has 0 aliphatic carbocycles. The van der Waals surface area contributed by atoms with Crippen molar-refractivity contribution < 1.29 is 9.53 Å². The zero-order valence-electron chi connectivity index (χ0n) is 16.6. The SMILES string of the molecule is Cc1cnc(Cn2ccc(C)c(C(=O)NCC(C)Oc3cccnc3)c2=O)cn1. The van der Waals surface area contributed by atoms with Crippen molar-refractivity contribution in [3.05, 3.63) is 82.1 Å². The van der Waals surface area contributed by atoms with Gasteiger partial charge >= 0.3 is 0 Å². The van der Waals surface area contributed by atoms with Crippen molar-refractivity contribution in [1.82, 2.24) is 24.8 Å². The molecule has 1 N–H and O–H groups in total. The van der Waals surface area contributed by atoms with E-state index in [4.69, 9.17) is 4.74 Å². The summed E-state index contributed by atoms with van der Waals surface area (Å²) >= 11 is 0. The summed E-state index contributed by atoms with van der Waals surface area (Å²) in [7, 11) is 0. The van der Waals surface area contributed by atoms with E-state index in [-0.39, 0.29) is 30.3 Å². The van der Waals surface area contributed by atoms with E-state index in [1.165, 1.54) is 4.57 Å². The van der Waals surface area contributed by atoms with E-state index in [0.717, 1.165) is 5.69 Å². The predicted molar refractivity (Wildman–Crippen MR) is 108 cm³/mol. The zero-order valence-corrected chi connectivity index (χ0v) is 16.6. The van der Waals surface area contributed by atoms with Crippen LogP contribution >= 0.6 is 0 Å². The second kappa shape index (κ2) is 9.09. The molecule has 0 radical (unpaired) electrons. The highest BCUT2D eigenvalue weighted by Crippen LogP contribution is 2.09. The molecule has 0 aliphatic heterocycles. The molecule has 0 saturated heterocycles. The Bertz CT molecular complexity index is 1030. The number of aromatic nitrogens is 4. The lowest BCUT2D eigenvalue weighted by molar-refractivity contribution is 0.0929. The summed E-state index contributed by atoms with van der Waals surface area (Å²) in [6.07, 6.45) is 7.91. The van der Waals surface area contributed by atoms with Crippen LogP contribution in [-0.4, -0.2) is 38.1 Å². The topological polar surface area (TPSA) is 99.0 Å². The lowest BCUT2D eigenvalue weighted by Crippen LogP contribution is -2.38. The number of hydrogen-bond acceptors (Lipinski definition) is 6. The quantitative estimate of drug-likeness (QED) is 0.658. The normalized spacial score (nSPS) is 11.7. The van der Waals surface area contributed by atoms with Crippen LogP contribution in [0.5, 0.6) is 5.75 Å². The second-order valence-corrected chi connectivity index (χ2v) is 6.78. The third-order valence-corrected chi connectivity index (χ3v) is 4.29. The van der Waals surface area contributed by atoms with E-state index in [0.29, 0.717) is 17.0 Å². The lowest BCUT2D eigenvalue weighted by atomic mass is 10.1. The lowest BCUT2D eigenvalue weighted by Gasteiger charge is -2.16. The van der Waals surface area contributed by atoms with E-state index in [1.54, 1.807) is 56.1 Å². The maximum Gasteiger partial charge on any atom is 0.264 e. The molecule has 0 spiro atoms. The van der Waals surface area contributed by atoms with E-state index in [2.05, 4.69) is 20.3 Å². The highest BCUT2D eigenvalue weighted by Gasteiger charge is 2.17. The van der Waals surface area contributed by atoms with Gasteiger partial charge in [0, 0.05) is 18.6 Å². The minimum absolute atomic E-state index is 0.112. The van der Waals surface area contributed by atoms with Gasteiger partial charge in [0.05, 0.1) is 36.9 Å². The fourth-order valence-electron chi connectivity index (χ4n) is 2.76. The molecule has 3 heterocycles. The van der Waals surface area contributed by atoms with Gasteiger partial charge in [0.25, 0.3) is 11.5 Å². The van der Waals surface area contributed by atoms with Crippen molar-refractivity contribution in [3.8, 4) is 5.75 Å². The number of pyridine rings is 2. The van der Waals surface area contributed by atoms with Gasteiger partial charge in [-0.15, -0.1) is 0 Å². The first-order chi connectivity index (χ1) is 13.9. The van der Waals surface area contributed by atoms with Crippen molar-refractivity contribution in [2.75, 3.05) is 6.54 Å². The molecule has 1 unspecified atom stereocenters. The number of hydrogen-bond donors (Lipinski definition) is 1. The Balaban J connectivity index is 1.69. The molecule has 150 valence electrons. The van der Waals surface area contributed by atoms with Crippen LogP contribution in [0.25, 0.3) is 0 Å². The van der Waals surface area contributed by atoms with Gasteiger partial charge in [-0.3, -0.25) is 24.5 Å². The van der Waals surface area contributed by atoms with Gasteiger partial charge in [-0.05, 0) is 44.5 Å². The van der Waals surface area contributed by atoms with Crippen molar-refractivity contribution in [3.63, 3.8) is 0 Å². The van der Waals surface area contributed by atoms with Crippen LogP contribution in [0.15, 0.2) is 54.0 Å². The van der Waals surface area contributed by atoms with Crippen LogP contribution < -0.4 is 15.6 Å². The van der Waals surface area contributed by atoms with Crippen molar-refractivity contribution in [2.45, 2.75) is 33.4 Å². The summed E-state index contributed by atoms with van der Waals surface area (Å²) in [6, 6.07) is 5.31. The van der Waals surface area contributed by atoms with Gasteiger partial charge in [0.2, 0.25) is 0 Å². The second-order valence-electron chi connectivity index (χ2n) is 6.78. The molecule has 29 heavy (non-hydrogen) atoms. The van der Waals surface area contributed by atoms with Crippen LogP contribution in [0.4, 0.5) is 0 Å². The van der Waals surface area contributed by atoms with Crippen LogP contribution in [-0.2, 0) is 6.54 Å². The molecule has 0 fully saturated rings. The average Bonchev–Trinajstić information content (AvgIpc) is 2.71. The fourth-order valence-corrected chi connectivity index (χ4v) is 2.76. The van der Waals surface area contributed by atoms with Crippen molar-refractivity contribution in [2.24, 2.45) is 0 Å². The standard InChI is InChI=1S/C21H23N5O3/c1-14-6-8-26(13-17-11-23-15(2)9-24-17)21(28)19(14)20(27)25-10-16(3)29-18-5-4-7-22-12-18/h4-9,11-12,16H,10,13H2,1-3H3,(H,25,27). The maximum atomic E-state index is 12.9. The first-order valence-electron chi connectivity index (χ1n) is 9.26. The molecule has 3 rings (SSSR count). The number of ether oxygens (including phenoxy) is 1. The monoisotopic (exact) mass is 393 g/mol. The molecular weight excluding hydrogens is 370 g/mol. The van der Waals surface area contributed by atoms with Gasteiger partial charge in [-0.25, -0.2) is 0 Å². The van der Waals surface area contributed by atoms with Gasteiger partial charge in [0.15, 0.2) is 0 Å². The van der Waals surface area contributed by atoms with Crippen LogP contribution in [0.3, 0.4) is 0 Å². The molecular formula is C21H23N5O3. The van der Waals surface area contributed by atoms with Gasteiger partial charge in [0.1, 0.15) is 17.4 Å². The fraction of sp³-hybridized carbons (Fsp3) is 0.286. The number of nitrogens with zero attached hydrogens (tertiary/aromatic N) is 4. The Morgan fingerprint density at radius 3 is 2.72 bits per heavy atom. The summed E-state index contributed by atoms with van der Waals surface area (Å²) < 4.78 is 7.15. The summed E-state index contributed by atoms with van der Waals surface area (Å²) in [5, 5.41) is 2.77. The number of carbonyl (C=O) groups is 1. The van der Waals surface area contributed by atoms with Crippen molar-refractivity contribution >= 4 is 5.91 Å².